The van der Waals surface area contributed by atoms with Crippen molar-refractivity contribution in [3.8, 4) is 11.5 Å². The van der Waals surface area contributed by atoms with Gasteiger partial charge in [-0.25, -0.2) is 5.43 Å². The average molecular weight is 453 g/mol. The van der Waals surface area contributed by atoms with E-state index in [0.717, 1.165) is 16.8 Å². The molecule has 0 aliphatic carbocycles. The molecule has 2 aromatic rings. The number of anilines is 1. The molecule has 7 heteroatoms. The number of benzene rings is 2. The Morgan fingerprint density at radius 3 is 2.72 bits per heavy atom. The Hall–Kier alpha value is -2.29. The number of ether oxygens (including phenoxy) is 1. The summed E-state index contributed by atoms with van der Waals surface area (Å²) in [5, 5.41) is 16.9. The number of aromatic hydroxyl groups is 1. The number of phenols is 1. The Bertz CT molecular complexity index is 761. The number of nitrogens with zero attached hydrogens (tertiary/aromatic N) is 1. The van der Waals surface area contributed by atoms with E-state index >= 15 is 0 Å². The van der Waals surface area contributed by atoms with Crippen LogP contribution in [0.25, 0.3) is 0 Å². The lowest BCUT2D eigenvalue weighted by Gasteiger charge is -2.08. The fourth-order valence-corrected chi connectivity index (χ4v) is 2.63. The highest BCUT2D eigenvalue weighted by atomic mass is 127. The molecule has 0 fully saturated rings. The predicted octanol–water partition coefficient (Wildman–Crippen LogP) is 3.27. The molecular formula is C18H20IN3O3. The molecular weight excluding hydrogens is 433 g/mol. The first-order chi connectivity index (χ1) is 12.0. The largest absolute Gasteiger partial charge is 0.504 e. The van der Waals surface area contributed by atoms with Crippen LogP contribution in [0, 0.1) is 10.5 Å². The third-order valence-corrected chi connectivity index (χ3v) is 4.08. The number of carbonyl (C=O) groups is 1. The van der Waals surface area contributed by atoms with Gasteiger partial charge in [-0.3, -0.25) is 4.79 Å². The van der Waals surface area contributed by atoms with E-state index in [4.69, 9.17) is 4.74 Å². The van der Waals surface area contributed by atoms with Crippen LogP contribution in [0.2, 0.25) is 0 Å². The van der Waals surface area contributed by atoms with Gasteiger partial charge in [0, 0.05) is 5.69 Å². The second-order valence-corrected chi connectivity index (χ2v) is 6.46. The molecule has 132 valence electrons. The van der Waals surface area contributed by atoms with Crippen LogP contribution >= 0.6 is 22.6 Å². The lowest BCUT2D eigenvalue weighted by molar-refractivity contribution is -0.119. The van der Waals surface area contributed by atoms with E-state index in [9.17, 15) is 9.90 Å². The summed E-state index contributed by atoms with van der Waals surface area (Å²) in [6.45, 7) is 4.42. The van der Waals surface area contributed by atoms with E-state index in [1.165, 1.54) is 6.21 Å². The Labute approximate surface area is 160 Å². The summed E-state index contributed by atoms with van der Waals surface area (Å²) >= 11 is 2.01. The van der Waals surface area contributed by atoms with Crippen LogP contribution < -0.4 is 15.5 Å². The number of rotatable bonds is 7. The Balaban J connectivity index is 1.89. The molecule has 0 aliphatic rings. The third kappa shape index (κ3) is 5.93. The summed E-state index contributed by atoms with van der Waals surface area (Å²) < 4.78 is 6.02. The number of nitrogens with one attached hydrogen (secondary N) is 2. The van der Waals surface area contributed by atoms with Gasteiger partial charge in [0.1, 0.15) is 0 Å². The molecule has 0 heterocycles. The first kappa shape index (κ1) is 19.0. The van der Waals surface area contributed by atoms with E-state index in [-0.39, 0.29) is 18.2 Å². The molecule has 6 nitrogen and oxygen atoms in total. The maximum atomic E-state index is 11.8. The Morgan fingerprint density at radius 1 is 1.32 bits per heavy atom. The van der Waals surface area contributed by atoms with Gasteiger partial charge in [0.2, 0.25) is 0 Å². The van der Waals surface area contributed by atoms with Crippen LogP contribution in [0.1, 0.15) is 18.1 Å². The highest BCUT2D eigenvalue weighted by Gasteiger charge is 2.08. The Morgan fingerprint density at radius 2 is 2.04 bits per heavy atom. The quantitative estimate of drug-likeness (QED) is 0.342. The number of hydrogen-bond donors (Lipinski definition) is 3. The van der Waals surface area contributed by atoms with Crippen molar-refractivity contribution in [2.75, 3.05) is 18.5 Å². The molecule has 0 saturated heterocycles. The number of hydrazone groups is 1. The van der Waals surface area contributed by atoms with Crippen LogP contribution in [-0.2, 0) is 4.79 Å². The summed E-state index contributed by atoms with van der Waals surface area (Å²) in [6, 6.07) is 11.2. The smallest absolute Gasteiger partial charge is 0.259 e. The van der Waals surface area contributed by atoms with Crippen molar-refractivity contribution in [2.24, 2.45) is 5.10 Å². The molecule has 0 spiro atoms. The highest BCUT2D eigenvalue weighted by molar-refractivity contribution is 14.1. The number of hydrogen-bond acceptors (Lipinski definition) is 5. The van der Waals surface area contributed by atoms with Crippen LogP contribution in [0.15, 0.2) is 41.5 Å². The molecule has 2 aromatic carbocycles. The zero-order valence-electron chi connectivity index (χ0n) is 14.0. The van der Waals surface area contributed by atoms with Gasteiger partial charge in [-0.2, -0.15) is 5.10 Å². The SMILES string of the molecule is CCOc1cc(C=NNC(=O)CNc2ccc(C)cc2)cc(I)c1O. The normalized spacial score (nSPS) is 10.7. The third-order valence-electron chi connectivity index (χ3n) is 3.26. The van der Waals surface area contributed by atoms with Gasteiger partial charge in [-0.05, 0) is 66.3 Å². The molecule has 2 rings (SSSR count). The average Bonchev–Trinajstić information content (AvgIpc) is 2.59. The molecule has 0 aliphatic heterocycles. The topological polar surface area (TPSA) is 83.0 Å². The van der Waals surface area contributed by atoms with Crippen LogP contribution in [0.5, 0.6) is 11.5 Å². The zero-order chi connectivity index (χ0) is 18.2. The number of halogens is 1. The summed E-state index contributed by atoms with van der Waals surface area (Å²) in [7, 11) is 0. The van der Waals surface area contributed by atoms with Crippen molar-refractivity contribution in [1.82, 2.24) is 5.43 Å². The lowest BCUT2D eigenvalue weighted by Crippen LogP contribution is -2.25. The van der Waals surface area contributed by atoms with Gasteiger partial charge in [0.15, 0.2) is 11.5 Å². The van der Waals surface area contributed by atoms with E-state index in [0.29, 0.717) is 15.9 Å². The van der Waals surface area contributed by atoms with Crippen molar-refractivity contribution in [1.29, 1.82) is 0 Å². The molecule has 25 heavy (non-hydrogen) atoms. The van der Waals surface area contributed by atoms with E-state index < -0.39 is 0 Å². The molecule has 0 bridgehead atoms. The van der Waals surface area contributed by atoms with Crippen molar-refractivity contribution in [3.63, 3.8) is 0 Å². The fourth-order valence-electron chi connectivity index (χ4n) is 2.01. The van der Waals surface area contributed by atoms with E-state index in [1.807, 2.05) is 60.7 Å². The number of aryl methyl sites for hydroxylation is 1. The molecule has 0 saturated carbocycles. The van der Waals surface area contributed by atoms with Crippen molar-refractivity contribution < 1.29 is 14.6 Å². The molecule has 0 radical (unpaired) electrons. The monoisotopic (exact) mass is 453 g/mol. The minimum atomic E-state index is -0.254. The summed E-state index contributed by atoms with van der Waals surface area (Å²) in [6.07, 6.45) is 1.51. The fraction of sp³-hybridized carbons (Fsp3) is 0.222. The van der Waals surface area contributed by atoms with Gasteiger partial charge in [0.25, 0.3) is 5.91 Å². The minimum absolute atomic E-state index is 0.103. The second-order valence-electron chi connectivity index (χ2n) is 5.30. The van der Waals surface area contributed by atoms with Gasteiger partial charge >= 0.3 is 0 Å². The molecule has 3 N–H and O–H groups in total. The molecule has 0 atom stereocenters. The lowest BCUT2D eigenvalue weighted by atomic mass is 10.2. The Kier molecular flexibility index (Phi) is 7.05. The highest BCUT2D eigenvalue weighted by Crippen LogP contribution is 2.32. The molecule has 1 amide bonds. The van der Waals surface area contributed by atoms with Crippen LogP contribution in [-0.4, -0.2) is 30.4 Å². The molecule has 0 unspecified atom stereocenters. The molecule has 0 aromatic heterocycles. The summed E-state index contributed by atoms with van der Waals surface area (Å²) in [5.74, 6) is 0.240. The number of carbonyl (C=O) groups excluding carboxylic acids is 1. The van der Waals surface area contributed by atoms with Gasteiger partial charge in [-0.1, -0.05) is 17.7 Å². The maximum absolute atomic E-state index is 11.8. The predicted molar refractivity (Wildman–Crippen MR) is 107 cm³/mol. The maximum Gasteiger partial charge on any atom is 0.259 e. The second kappa shape index (κ2) is 9.26. The van der Waals surface area contributed by atoms with Crippen molar-refractivity contribution in [3.05, 3.63) is 51.1 Å². The van der Waals surface area contributed by atoms with Crippen LogP contribution in [0.4, 0.5) is 5.69 Å². The van der Waals surface area contributed by atoms with Crippen LogP contribution in [0.3, 0.4) is 0 Å². The number of phenolic OH excluding ortho intramolecular Hbond substituents is 1. The van der Waals surface area contributed by atoms with Gasteiger partial charge < -0.3 is 15.2 Å². The van der Waals surface area contributed by atoms with Crippen molar-refractivity contribution in [2.45, 2.75) is 13.8 Å². The van der Waals surface area contributed by atoms with Gasteiger partial charge in [0.05, 0.1) is 22.9 Å². The minimum Gasteiger partial charge on any atom is -0.504 e. The van der Waals surface area contributed by atoms with E-state index in [1.54, 1.807) is 12.1 Å². The van der Waals surface area contributed by atoms with Crippen molar-refractivity contribution >= 4 is 40.4 Å². The standard InChI is InChI=1S/C18H20IN3O3/c1-3-25-16-9-13(8-15(19)18(16)24)10-21-22-17(23)11-20-14-6-4-12(2)5-7-14/h4-10,20,24H,3,11H2,1-2H3,(H,22,23). The summed E-state index contributed by atoms with van der Waals surface area (Å²) in [4.78, 5) is 11.8. The van der Waals surface area contributed by atoms with E-state index in [2.05, 4.69) is 15.8 Å². The zero-order valence-corrected chi connectivity index (χ0v) is 16.2. The number of amides is 1. The first-order valence-corrected chi connectivity index (χ1v) is 8.85. The first-order valence-electron chi connectivity index (χ1n) is 7.77. The van der Waals surface area contributed by atoms with Gasteiger partial charge in [-0.15, -0.1) is 0 Å². The summed E-state index contributed by atoms with van der Waals surface area (Å²) in [5.41, 5.74) is 5.22.